The third-order valence-corrected chi connectivity index (χ3v) is 4.77. The summed E-state index contributed by atoms with van der Waals surface area (Å²) in [5, 5.41) is 0. The van der Waals surface area contributed by atoms with Crippen molar-refractivity contribution in [2.75, 3.05) is 11.5 Å². The Kier molecular flexibility index (Phi) is 14.4. The molecule has 0 heterocycles. The van der Waals surface area contributed by atoms with Gasteiger partial charge in [-0.3, -0.25) is 4.79 Å². The molecule has 17 heavy (non-hydrogen) atoms. The number of rotatable bonds is 13. The van der Waals surface area contributed by atoms with Gasteiger partial charge in [-0.25, -0.2) is 3.71 Å². The van der Waals surface area contributed by atoms with Gasteiger partial charge < -0.3 is 0 Å². The van der Waals surface area contributed by atoms with Crippen LogP contribution in [0.25, 0.3) is 0 Å². The van der Waals surface area contributed by atoms with Crippen LogP contribution in [0.2, 0.25) is 0 Å². The van der Waals surface area contributed by atoms with Crippen molar-refractivity contribution in [1.29, 1.82) is 0 Å². The molecule has 0 aromatic rings. The van der Waals surface area contributed by atoms with Crippen molar-refractivity contribution in [2.45, 2.75) is 65.2 Å². The first-order valence-electron chi connectivity index (χ1n) is 6.85. The van der Waals surface area contributed by atoms with Crippen LogP contribution in [0.15, 0.2) is 0 Å². The highest BCUT2D eigenvalue weighted by Crippen LogP contribution is 2.22. The van der Waals surface area contributed by atoms with Gasteiger partial charge in [0.25, 0.3) is 0 Å². The van der Waals surface area contributed by atoms with Gasteiger partial charge in [0.15, 0.2) is 0 Å². The molecule has 102 valence electrons. The molecule has 0 bridgehead atoms. The van der Waals surface area contributed by atoms with Crippen LogP contribution in [0.3, 0.4) is 0 Å². The van der Waals surface area contributed by atoms with Gasteiger partial charge in [-0.05, 0) is 36.7 Å². The molecule has 0 aromatic carbocycles. The minimum absolute atomic E-state index is 0.953. The van der Waals surface area contributed by atoms with Gasteiger partial charge in [0.05, 0.1) is 0 Å². The lowest BCUT2D eigenvalue weighted by Crippen LogP contribution is -2.05. The van der Waals surface area contributed by atoms with Crippen molar-refractivity contribution in [2.24, 2.45) is 0 Å². The SMILES string of the molecule is CCCCCCSN(C=O)SCCCCCC. The van der Waals surface area contributed by atoms with E-state index in [1.54, 1.807) is 27.6 Å². The zero-order valence-electron chi connectivity index (χ0n) is 11.3. The molecule has 0 saturated carbocycles. The standard InChI is InChI=1S/C13H27NOS2/c1-3-5-7-9-11-16-14(13-15)17-12-10-8-6-4-2/h13H,3-12H2,1-2H3. The van der Waals surface area contributed by atoms with Crippen molar-refractivity contribution in [3.05, 3.63) is 0 Å². The van der Waals surface area contributed by atoms with E-state index in [-0.39, 0.29) is 0 Å². The van der Waals surface area contributed by atoms with E-state index in [9.17, 15) is 4.79 Å². The molecular formula is C13H27NOS2. The molecule has 0 atom stereocenters. The Morgan fingerprint density at radius 2 is 1.29 bits per heavy atom. The highest BCUT2D eigenvalue weighted by atomic mass is 32.2. The Morgan fingerprint density at radius 3 is 1.65 bits per heavy atom. The molecule has 0 unspecified atom stereocenters. The number of nitrogens with zero attached hydrogens (tertiary/aromatic N) is 1. The van der Waals surface area contributed by atoms with Crippen LogP contribution in [0, 0.1) is 0 Å². The fourth-order valence-electron chi connectivity index (χ4n) is 1.46. The normalized spacial score (nSPS) is 10.5. The topological polar surface area (TPSA) is 20.3 Å². The van der Waals surface area contributed by atoms with E-state index in [1.165, 1.54) is 51.4 Å². The monoisotopic (exact) mass is 277 g/mol. The van der Waals surface area contributed by atoms with Gasteiger partial charge in [0, 0.05) is 11.5 Å². The lowest BCUT2D eigenvalue weighted by atomic mass is 10.2. The summed E-state index contributed by atoms with van der Waals surface area (Å²) in [4.78, 5) is 10.8. The average molecular weight is 277 g/mol. The molecule has 0 radical (unpaired) electrons. The van der Waals surface area contributed by atoms with Gasteiger partial charge in [-0.1, -0.05) is 52.4 Å². The summed E-state index contributed by atoms with van der Waals surface area (Å²) in [6.45, 7) is 4.44. The van der Waals surface area contributed by atoms with Crippen molar-refractivity contribution in [3.8, 4) is 0 Å². The Bertz CT molecular complexity index is 153. The van der Waals surface area contributed by atoms with Crippen LogP contribution in [0.5, 0.6) is 0 Å². The van der Waals surface area contributed by atoms with Gasteiger partial charge in [0.1, 0.15) is 0 Å². The van der Waals surface area contributed by atoms with Crippen molar-refractivity contribution < 1.29 is 4.79 Å². The number of hydrogen-bond acceptors (Lipinski definition) is 3. The smallest absolute Gasteiger partial charge is 0.229 e. The largest absolute Gasteiger partial charge is 0.277 e. The van der Waals surface area contributed by atoms with E-state index < -0.39 is 0 Å². The van der Waals surface area contributed by atoms with E-state index in [1.807, 2.05) is 0 Å². The van der Waals surface area contributed by atoms with Crippen LogP contribution in [-0.2, 0) is 4.79 Å². The number of hydrogen-bond donors (Lipinski definition) is 0. The van der Waals surface area contributed by atoms with Crippen LogP contribution in [0.4, 0.5) is 0 Å². The summed E-state index contributed by atoms with van der Waals surface area (Å²) in [7, 11) is 0. The fraction of sp³-hybridized carbons (Fsp3) is 0.923. The summed E-state index contributed by atoms with van der Waals surface area (Å²) < 4.78 is 1.79. The van der Waals surface area contributed by atoms with Gasteiger partial charge in [-0.15, -0.1) is 0 Å². The maximum Gasteiger partial charge on any atom is 0.229 e. The van der Waals surface area contributed by atoms with Gasteiger partial charge >= 0.3 is 0 Å². The van der Waals surface area contributed by atoms with Crippen LogP contribution in [-0.4, -0.2) is 21.6 Å². The van der Waals surface area contributed by atoms with Crippen LogP contribution < -0.4 is 0 Å². The van der Waals surface area contributed by atoms with Crippen molar-refractivity contribution in [1.82, 2.24) is 3.71 Å². The molecule has 1 amide bonds. The van der Waals surface area contributed by atoms with Crippen LogP contribution in [0.1, 0.15) is 65.2 Å². The predicted molar refractivity (Wildman–Crippen MR) is 81.1 cm³/mol. The molecule has 2 nitrogen and oxygen atoms in total. The highest BCUT2D eigenvalue weighted by Gasteiger charge is 2.02. The maximum atomic E-state index is 10.8. The van der Waals surface area contributed by atoms with Gasteiger partial charge in [0.2, 0.25) is 6.41 Å². The minimum Gasteiger partial charge on any atom is -0.277 e. The molecule has 4 heteroatoms. The Morgan fingerprint density at radius 1 is 0.824 bits per heavy atom. The average Bonchev–Trinajstić information content (AvgIpc) is 2.36. The van der Waals surface area contributed by atoms with Crippen molar-refractivity contribution in [3.63, 3.8) is 0 Å². The number of carbonyl (C=O) groups is 1. The Labute approximate surface area is 116 Å². The molecule has 0 rings (SSSR count). The second kappa shape index (κ2) is 14.2. The zero-order valence-corrected chi connectivity index (χ0v) is 13.0. The maximum absolute atomic E-state index is 10.8. The number of carbonyl (C=O) groups excluding carboxylic acids is 1. The number of unbranched alkanes of at least 4 members (excludes halogenated alkanes) is 6. The summed E-state index contributed by atoms with van der Waals surface area (Å²) >= 11 is 3.33. The first-order chi connectivity index (χ1) is 8.35. The van der Waals surface area contributed by atoms with E-state index in [0.717, 1.165) is 17.9 Å². The lowest BCUT2D eigenvalue weighted by molar-refractivity contribution is -0.110. The molecule has 0 aliphatic rings. The predicted octanol–water partition coefficient (Wildman–Crippen LogP) is 4.90. The second-order valence-electron chi connectivity index (χ2n) is 4.18. The molecule has 0 spiro atoms. The third kappa shape index (κ3) is 12.4. The fourth-order valence-corrected chi connectivity index (χ4v) is 3.36. The van der Waals surface area contributed by atoms with E-state index in [0.29, 0.717) is 0 Å². The van der Waals surface area contributed by atoms with E-state index in [2.05, 4.69) is 13.8 Å². The number of amides is 1. The second-order valence-corrected chi connectivity index (χ2v) is 6.53. The van der Waals surface area contributed by atoms with Crippen LogP contribution >= 0.6 is 23.9 Å². The van der Waals surface area contributed by atoms with E-state index >= 15 is 0 Å². The molecule has 0 fully saturated rings. The molecule has 0 aliphatic heterocycles. The van der Waals surface area contributed by atoms with E-state index in [4.69, 9.17) is 0 Å². The minimum atomic E-state index is 0.953. The quantitative estimate of drug-likeness (QED) is 0.271. The molecule has 0 aromatic heterocycles. The first kappa shape index (κ1) is 17.2. The van der Waals surface area contributed by atoms with Crippen molar-refractivity contribution >= 4 is 30.3 Å². The highest BCUT2D eigenvalue weighted by molar-refractivity contribution is 8.12. The Hall–Kier alpha value is 0.170. The summed E-state index contributed by atoms with van der Waals surface area (Å²) in [5.41, 5.74) is 0. The lowest BCUT2D eigenvalue weighted by Gasteiger charge is -2.14. The summed E-state index contributed by atoms with van der Waals surface area (Å²) in [5.74, 6) is 2.14. The molecular weight excluding hydrogens is 250 g/mol. The first-order valence-corrected chi connectivity index (χ1v) is 8.74. The summed E-state index contributed by atoms with van der Waals surface area (Å²) in [6.07, 6.45) is 11.1. The molecule has 0 aliphatic carbocycles. The summed E-state index contributed by atoms with van der Waals surface area (Å²) in [6, 6.07) is 0. The zero-order chi connectivity index (χ0) is 12.8. The molecule has 0 saturated heterocycles. The molecule has 0 N–H and O–H groups in total. The third-order valence-electron chi connectivity index (χ3n) is 2.52. The van der Waals surface area contributed by atoms with Gasteiger partial charge in [-0.2, -0.15) is 0 Å². The Balaban J connectivity index is 3.33.